The summed E-state index contributed by atoms with van der Waals surface area (Å²) in [5, 5.41) is 18.8. The second-order valence-electron chi connectivity index (χ2n) is 4.89. The molecule has 0 radical (unpaired) electrons. The molecule has 1 aliphatic rings. The summed E-state index contributed by atoms with van der Waals surface area (Å²) in [5.41, 5.74) is 3.02. The van der Waals surface area contributed by atoms with Gasteiger partial charge in [0.25, 0.3) is 0 Å². The Morgan fingerprint density at radius 2 is 1.76 bits per heavy atom. The van der Waals surface area contributed by atoms with E-state index in [2.05, 4.69) is 6.07 Å². The number of hydrogen-bond acceptors (Lipinski definition) is 2. The molecule has 1 saturated carbocycles. The van der Waals surface area contributed by atoms with E-state index in [1.807, 2.05) is 44.2 Å². The van der Waals surface area contributed by atoms with Crippen LogP contribution in [0.15, 0.2) is 42.5 Å². The van der Waals surface area contributed by atoms with Crippen LogP contribution in [0, 0.1) is 11.3 Å². The first-order valence-electron chi connectivity index (χ1n) is 7.17. The highest BCUT2D eigenvalue weighted by molar-refractivity contribution is 6.31. The molecule has 1 fully saturated rings. The standard InChI is InChI=1S/C16H12ClNO.C2H6/c17-16-7-12(19)5-6-13(16)15-8-14(15)11-3-1-10(9-18)2-4-11;1-2/h1-7,14-15,19H,8H2;1-2H3. The number of phenolic OH excluding ortho intramolecular Hbond substituents is 1. The molecule has 2 aromatic carbocycles. The summed E-state index contributed by atoms with van der Waals surface area (Å²) in [4.78, 5) is 0. The van der Waals surface area contributed by atoms with Crippen molar-refractivity contribution < 1.29 is 5.11 Å². The summed E-state index contributed by atoms with van der Waals surface area (Å²) in [6.45, 7) is 4.00. The zero-order valence-electron chi connectivity index (χ0n) is 12.2. The number of aromatic hydroxyl groups is 1. The molecule has 0 saturated heterocycles. The fraction of sp³-hybridized carbons (Fsp3) is 0.278. The van der Waals surface area contributed by atoms with E-state index < -0.39 is 0 Å². The molecule has 3 heteroatoms. The van der Waals surface area contributed by atoms with Crippen LogP contribution in [-0.4, -0.2) is 5.11 Å². The first kappa shape index (κ1) is 15.4. The van der Waals surface area contributed by atoms with E-state index in [1.54, 1.807) is 12.1 Å². The van der Waals surface area contributed by atoms with Gasteiger partial charge in [-0.3, -0.25) is 0 Å². The van der Waals surface area contributed by atoms with Gasteiger partial charge < -0.3 is 5.11 Å². The minimum absolute atomic E-state index is 0.198. The fourth-order valence-corrected chi connectivity index (χ4v) is 2.84. The molecule has 0 heterocycles. The fourth-order valence-electron chi connectivity index (χ4n) is 2.53. The van der Waals surface area contributed by atoms with Crippen molar-refractivity contribution in [3.05, 3.63) is 64.2 Å². The highest BCUT2D eigenvalue weighted by Gasteiger charge is 2.40. The van der Waals surface area contributed by atoms with Crippen molar-refractivity contribution in [2.45, 2.75) is 32.1 Å². The number of nitrogens with zero attached hydrogens (tertiary/aromatic N) is 1. The Morgan fingerprint density at radius 3 is 2.33 bits per heavy atom. The minimum Gasteiger partial charge on any atom is -0.508 e. The van der Waals surface area contributed by atoms with Crippen molar-refractivity contribution in [3.63, 3.8) is 0 Å². The first-order valence-corrected chi connectivity index (χ1v) is 7.55. The van der Waals surface area contributed by atoms with Crippen LogP contribution in [0.2, 0.25) is 5.02 Å². The Balaban J connectivity index is 0.000000774. The average Bonchev–Trinajstić information content (AvgIpc) is 3.30. The maximum Gasteiger partial charge on any atom is 0.117 e. The van der Waals surface area contributed by atoms with Crippen LogP contribution in [0.25, 0.3) is 0 Å². The maximum atomic E-state index is 9.37. The number of nitriles is 1. The Labute approximate surface area is 130 Å². The summed E-state index contributed by atoms with van der Waals surface area (Å²) < 4.78 is 0. The van der Waals surface area contributed by atoms with Gasteiger partial charge in [0, 0.05) is 5.02 Å². The van der Waals surface area contributed by atoms with Crippen LogP contribution in [0.5, 0.6) is 5.75 Å². The molecule has 2 atom stereocenters. The summed E-state index contributed by atoms with van der Waals surface area (Å²) in [6, 6.07) is 15.0. The number of phenols is 1. The van der Waals surface area contributed by atoms with Crippen molar-refractivity contribution in [2.75, 3.05) is 0 Å². The van der Waals surface area contributed by atoms with E-state index in [0.29, 0.717) is 22.4 Å². The third-order valence-electron chi connectivity index (χ3n) is 3.64. The molecule has 3 rings (SSSR count). The Hall–Kier alpha value is -1.98. The van der Waals surface area contributed by atoms with Crippen molar-refractivity contribution in [1.29, 1.82) is 5.26 Å². The number of benzene rings is 2. The van der Waals surface area contributed by atoms with Crippen molar-refractivity contribution in [2.24, 2.45) is 0 Å². The monoisotopic (exact) mass is 299 g/mol. The smallest absolute Gasteiger partial charge is 0.117 e. The molecule has 2 nitrogen and oxygen atoms in total. The summed E-state index contributed by atoms with van der Waals surface area (Å²) >= 11 is 6.16. The predicted molar refractivity (Wildman–Crippen MR) is 85.7 cm³/mol. The summed E-state index contributed by atoms with van der Waals surface area (Å²) in [5.74, 6) is 1.08. The lowest BCUT2D eigenvalue weighted by molar-refractivity contribution is 0.475. The van der Waals surface area contributed by atoms with Gasteiger partial charge in [0.1, 0.15) is 5.75 Å². The van der Waals surface area contributed by atoms with Gasteiger partial charge in [0.05, 0.1) is 11.6 Å². The van der Waals surface area contributed by atoms with E-state index in [-0.39, 0.29) is 5.75 Å². The van der Waals surface area contributed by atoms with Crippen molar-refractivity contribution >= 4 is 11.6 Å². The molecule has 21 heavy (non-hydrogen) atoms. The molecule has 2 unspecified atom stereocenters. The molecule has 108 valence electrons. The topological polar surface area (TPSA) is 44.0 Å². The van der Waals surface area contributed by atoms with E-state index >= 15 is 0 Å². The maximum absolute atomic E-state index is 9.37. The van der Waals surface area contributed by atoms with Crippen LogP contribution >= 0.6 is 11.6 Å². The molecule has 0 aliphatic heterocycles. The van der Waals surface area contributed by atoms with Crippen LogP contribution in [0.3, 0.4) is 0 Å². The highest BCUT2D eigenvalue weighted by Crippen LogP contribution is 2.56. The second-order valence-corrected chi connectivity index (χ2v) is 5.30. The van der Waals surface area contributed by atoms with Gasteiger partial charge in [-0.2, -0.15) is 5.26 Å². The molecule has 1 aliphatic carbocycles. The van der Waals surface area contributed by atoms with Gasteiger partial charge in [0.15, 0.2) is 0 Å². The van der Waals surface area contributed by atoms with Gasteiger partial charge in [-0.05, 0) is 53.6 Å². The Kier molecular flexibility index (Phi) is 4.88. The molecular weight excluding hydrogens is 282 g/mol. The molecule has 0 spiro atoms. The molecule has 0 amide bonds. The van der Waals surface area contributed by atoms with Crippen molar-refractivity contribution in [1.82, 2.24) is 0 Å². The lowest BCUT2D eigenvalue weighted by Crippen LogP contribution is -1.86. The number of hydrogen-bond donors (Lipinski definition) is 1. The first-order chi connectivity index (χ1) is 10.2. The van der Waals surface area contributed by atoms with Gasteiger partial charge in [0.2, 0.25) is 0 Å². The average molecular weight is 300 g/mol. The summed E-state index contributed by atoms with van der Waals surface area (Å²) in [7, 11) is 0. The predicted octanol–water partition coefficient (Wildman–Crippen LogP) is 5.21. The van der Waals surface area contributed by atoms with Crippen LogP contribution in [-0.2, 0) is 0 Å². The third-order valence-corrected chi connectivity index (χ3v) is 3.97. The molecule has 0 bridgehead atoms. The normalized spacial score (nSPS) is 19.1. The van der Waals surface area contributed by atoms with E-state index in [1.165, 1.54) is 5.56 Å². The Bertz CT molecular complexity index is 658. The molecule has 1 N–H and O–H groups in total. The lowest BCUT2D eigenvalue weighted by atomic mass is 10.0. The van der Waals surface area contributed by atoms with Gasteiger partial charge in [-0.1, -0.05) is 43.6 Å². The van der Waals surface area contributed by atoms with E-state index in [0.717, 1.165) is 12.0 Å². The zero-order valence-corrected chi connectivity index (χ0v) is 12.9. The van der Waals surface area contributed by atoms with E-state index in [4.69, 9.17) is 16.9 Å². The Morgan fingerprint density at radius 1 is 1.10 bits per heavy atom. The van der Waals surface area contributed by atoms with Crippen LogP contribution < -0.4 is 0 Å². The molecular formula is C18H18ClNO. The number of halogens is 1. The quantitative estimate of drug-likeness (QED) is 0.826. The van der Waals surface area contributed by atoms with Gasteiger partial charge in [-0.15, -0.1) is 0 Å². The van der Waals surface area contributed by atoms with Gasteiger partial charge >= 0.3 is 0 Å². The van der Waals surface area contributed by atoms with E-state index in [9.17, 15) is 5.11 Å². The minimum atomic E-state index is 0.198. The highest BCUT2D eigenvalue weighted by atomic mass is 35.5. The number of rotatable bonds is 2. The van der Waals surface area contributed by atoms with Crippen LogP contribution in [0.4, 0.5) is 0 Å². The van der Waals surface area contributed by atoms with Crippen molar-refractivity contribution in [3.8, 4) is 11.8 Å². The van der Waals surface area contributed by atoms with Crippen LogP contribution in [0.1, 0.15) is 48.8 Å². The lowest BCUT2D eigenvalue weighted by Gasteiger charge is -2.04. The SMILES string of the molecule is CC.N#Cc1ccc(C2CC2c2ccc(O)cc2Cl)cc1. The third kappa shape index (κ3) is 3.37. The molecule has 0 aromatic heterocycles. The van der Waals surface area contributed by atoms with Gasteiger partial charge in [-0.25, -0.2) is 0 Å². The molecule has 2 aromatic rings. The summed E-state index contributed by atoms with van der Waals surface area (Å²) in [6.07, 6.45) is 1.07. The zero-order chi connectivity index (χ0) is 15.4. The second kappa shape index (κ2) is 6.65. The largest absolute Gasteiger partial charge is 0.508 e.